The van der Waals surface area contributed by atoms with Crippen LogP contribution in [0.15, 0.2) is 12.1 Å². The van der Waals surface area contributed by atoms with Gasteiger partial charge in [-0.05, 0) is 11.1 Å². The van der Waals surface area contributed by atoms with Gasteiger partial charge in [-0.15, -0.1) is 0 Å². The first-order chi connectivity index (χ1) is 7.47. The number of carbonyl (C=O) groups is 1. The van der Waals surface area contributed by atoms with E-state index in [-0.39, 0.29) is 22.7 Å². The van der Waals surface area contributed by atoms with Crippen molar-refractivity contribution in [1.29, 1.82) is 0 Å². The number of alkyl halides is 1. The lowest BCUT2D eigenvalue weighted by molar-refractivity contribution is -0.384. The summed E-state index contributed by atoms with van der Waals surface area (Å²) in [6.45, 7) is 0. The fourth-order valence-electron chi connectivity index (χ4n) is 1.26. The number of nitro groups is 1. The molecule has 0 saturated heterocycles. The molecule has 0 unspecified atom stereocenters. The minimum atomic E-state index is -1.08. The Bertz CT molecular complexity index is 449. The molecule has 0 aromatic heterocycles. The van der Waals surface area contributed by atoms with Gasteiger partial charge in [0.15, 0.2) is 0 Å². The molecule has 0 fully saturated rings. The number of nitro benzene ring substituents is 1. The molecule has 1 N–H and O–H groups in total. The van der Waals surface area contributed by atoms with Gasteiger partial charge in [-0.2, -0.15) is 0 Å². The third-order valence-electron chi connectivity index (χ3n) is 1.99. The van der Waals surface area contributed by atoms with Crippen molar-refractivity contribution in [2.75, 3.05) is 0 Å². The maximum atomic E-state index is 10.6. The summed E-state index contributed by atoms with van der Waals surface area (Å²) in [5.41, 5.74) is 0.640. The number of carboxylic acid groups (broad SMARTS) is 1. The van der Waals surface area contributed by atoms with Crippen LogP contribution in [-0.4, -0.2) is 16.0 Å². The molecule has 1 aromatic rings. The van der Waals surface area contributed by atoms with Crippen LogP contribution in [0.1, 0.15) is 11.1 Å². The number of aliphatic carboxylic acids is 1. The fourth-order valence-corrected chi connectivity index (χ4v) is 2.10. The Morgan fingerprint density at radius 1 is 1.56 bits per heavy atom. The number of hydrogen-bond acceptors (Lipinski definition) is 3. The molecule has 0 radical (unpaired) electrons. The van der Waals surface area contributed by atoms with Crippen molar-refractivity contribution in [2.45, 2.75) is 11.8 Å². The zero-order valence-corrected chi connectivity index (χ0v) is 10.3. The van der Waals surface area contributed by atoms with Gasteiger partial charge in [0.05, 0.1) is 11.3 Å². The molecule has 0 atom stereocenters. The smallest absolute Gasteiger partial charge is 0.307 e. The van der Waals surface area contributed by atoms with Crippen LogP contribution in [0.5, 0.6) is 0 Å². The summed E-state index contributed by atoms with van der Waals surface area (Å²) in [6.07, 6.45) is -0.332. The van der Waals surface area contributed by atoms with E-state index < -0.39 is 10.9 Å². The molecule has 1 rings (SSSR count). The van der Waals surface area contributed by atoms with Gasteiger partial charge in [-0.25, -0.2) is 0 Å². The summed E-state index contributed by atoms with van der Waals surface area (Å²) in [6, 6.07) is 2.77. The van der Waals surface area contributed by atoms with Crippen molar-refractivity contribution in [3.05, 3.63) is 38.4 Å². The second-order valence-electron chi connectivity index (χ2n) is 3.00. The third kappa shape index (κ3) is 2.70. The van der Waals surface area contributed by atoms with Crippen LogP contribution in [0.4, 0.5) is 5.69 Å². The first-order valence-electron chi connectivity index (χ1n) is 4.19. The van der Waals surface area contributed by atoms with E-state index in [0.717, 1.165) is 0 Å². The second kappa shape index (κ2) is 5.27. The number of carboxylic acids is 1. The normalized spacial score (nSPS) is 10.1. The monoisotopic (exact) mass is 307 g/mol. The van der Waals surface area contributed by atoms with Crippen molar-refractivity contribution in [1.82, 2.24) is 0 Å². The second-order valence-corrected chi connectivity index (χ2v) is 3.94. The summed E-state index contributed by atoms with van der Waals surface area (Å²) >= 11 is 8.98. The summed E-state index contributed by atoms with van der Waals surface area (Å²) in [5.74, 6) is -1.08. The Morgan fingerprint density at radius 3 is 2.62 bits per heavy atom. The van der Waals surface area contributed by atoms with E-state index >= 15 is 0 Å². The number of benzene rings is 1. The van der Waals surface area contributed by atoms with Gasteiger partial charge in [-0.1, -0.05) is 33.6 Å². The highest BCUT2D eigenvalue weighted by Gasteiger charge is 2.20. The SMILES string of the molecule is O=C(O)Cc1c(CBr)ccc([N+](=O)[O-])c1Cl. The van der Waals surface area contributed by atoms with Gasteiger partial charge in [0.2, 0.25) is 0 Å². The van der Waals surface area contributed by atoms with E-state index in [0.29, 0.717) is 10.9 Å². The maximum absolute atomic E-state index is 10.6. The first-order valence-corrected chi connectivity index (χ1v) is 5.69. The van der Waals surface area contributed by atoms with E-state index in [9.17, 15) is 14.9 Å². The zero-order valence-electron chi connectivity index (χ0n) is 7.94. The van der Waals surface area contributed by atoms with Crippen molar-refractivity contribution >= 4 is 39.2 Å². The molecule has 86 valence electrons. The van der Waals surface area contributed by atoms with Crippen LogP contribution < -0.4 is 0 Å². The Kier molecular flexibility index (Phi) is 4.26. The highest BCUT2D eigenvalue weighted by Crippen LogP contribution is 2.31. The minimum absolute atomic E-state index is 0.107. The lowest BCUT2D eigenvalue weighted by atomic mass is 10.0. The van der Waals surface area contributed by atoms with Crippen LogP contribution in [0.25, 0.3) is 0 Å². The molecule has 0 spiro atoms. The highest BCUT2D eigenvalue weighted by atomic mass is 79.9. The highest BCUT2D eigenvalue weighted by molar-refractivity contribution is 9.08. The van der Waals surface area contributed by atoms with E-state index in [1.54, 1.807) is 0 Å². The molecule has 0 aliphatic carbocycles. The van der Waals surface area contributed by atoms with Crippen LogP contribution >= 0.6 is 27.5 Å². The lowest BCUT2D eigenvalue weighted by Crippen LogP contribution is -2.05. The molecule has 5 nitrogen and oxygen atoms in total. The van der Waals surface area contributed by atoms with Crippen LogP contribution in [0.2, 0.25) is 5.02 Å². The maximum Gasteiger partial charge on any atom is 0.307 e. The molecule has 0 bridgehead atoms. The predicted octanol–water partition coefficient (Wildman–Crippen LogP) is 2.77. The minimum Gasteiger partial charge on any atom is -0.481 e. The standard InChI is InChI=1S/C9H7BrClNO4/c10-4-5-1-2-7(12(15)16)9(11)6(5)3-8(13)14/h1-2H,3-4H2,(H,13,14). The molecule has 0 heterocycles. The van der Waals surface area contributed by atoms with Crippen LogP contribution in [-0.2, 0) is 16.5 Å². The molecule has 16 heavy (non-hydrogen) atoms. The molecule has 0 aliphatic heterocycles. The van der Waals surface area contributed by atoms with Gasteiger partial charge < -0.3 is 5.11 Å². The molecule has 0 aliphatic rings. The molecule has 0 amide bonds. The molecule has 0 saturated carbocycles. The van der Waals surface area contributed by atoms with Crippen molar-refractivity contribution < 1.29 is 14.8 Å². The van der Waals surface area contributed by atoms with Crippen molar-refractivity contribution in [2.24, 2.45) is 0 Å². The molecule has 7 heteroatoms. The van der Waals surface area contributed by atoms with Crippen LogP contribution in [0.3, 0.4) is 0 Å². The number of nitrogens with zero attached hydrogens (tertiary/aromatic N) is 1. The Balaban J connectivity index is 3.34. The largest absolute Gasteiger partial charge is 0.481 e. The van der Waals surface area contributed by atoms with E-state index in [2.05, 4.69) is 15.9 Å². The van der Waals surface area contributed by atoms with E-state index in [1.165, 1.54) is 12.1 Å². The number of halogens is 2. The fraction of sp³-hybridized carbons (Fsp3) is 0.222. The van der Waals surface area contributed by atoms with Gasteiger partial charge in [0, 0.05) is 11.4 Å². The average Bonchev–Trinajstić information content (AvgIpc) is 2.19. The summed E-state index contributed by atoms with van der Waals surface area (Å²) < 4.78 is 0. The topological polar surface area (TPSA) is 80.4 Å². The summed E-state index contributed by atoms with van der Waals surface area (Å²) in [5, 5.41) is 19.6. The third-order valence-corrected chi connectivity index (χ3v) is 3.01. The Morgan fingerprint density at radius 2 is 2.19 bits per heavy atom. The van der Waals surface area contributed by atoms with Crippen molar-refractivity contribution in [3.8, 4) is 0 Å². The van der Waals surface area contributed by atoms with Gasteiger partial charge >= 0.3 is 5.97 Å². The number of rotatable bonds is 4. The summed E-state index contributed by atoms with van der Waals surface area (Å²) in [7, 11) is 0. The predicted molar refractivity (Wildman–Crippen MR) is 62.1 cm³/mol. The first kappa shape index (κ1) is 12.9. The quantitative estimate of drug-likeness (QED) is 0.527. The lowest BCUT2D eigenvalue weighted by Gasteiger charge is -2.07. The van der Waals surface area contributed by atoms with Crippen LogP contribution in [0, 0.1) is 10.1 Å². The van der Waals surface area contributed by atoms with Gasteiger partial charge in [0.1, 0.15) is 5.02 Å². The average molecular weight is 309 g/mol. The Labute approximate surface area is 104 Å². The van der Waals surface area contributed by atoms with E-state index in [4.69, 9.17) is 16.7 Å². The molecular weight excluding hydrogens is 301 g/mol. The van der Waals surface area contributed by atoms with Gasteiger partial charge in [0.25, 0.3) is 5.69 Å². The van der Waals surface area contributed by atoms with Crippen molar-refractivity contribution in [3.63, 3.8) is 0 Å². The van der Waals surface area contributed by atoms with E-state index in [1.807, 2.05) is 0 Å². The Hall–Kier alpha value is -1.14. The zero-order chi connectivity index (χ0) is 12.3. The molecule has 1 aromatic carbocycles. The summed E-state index contributed by atoms with van der Waals surface area (Å²) in [4.78, 5) is 20.6. The number of hydrogen-bond donors (Lipinski definition) is 1. The van der Waals surface area contributed by atoms with Gasteiger partial charge in [-0.3, -0.25) is 14.9 Å². The molecular formula is C9H7BrClNO4.